The maximum absolute atomic E-state index is 10.1. The average molecular weight is 401 g/mol. The van der Waals surface area contributed by atoms with Gasteiger partial charge in [-0.2, -0.15) is 0 Å². The highest BCUT2D eigenvalue weighted by Crippen LogP contribution is 2.59. The second-order valence-corrected chi connectivity index (χ2v) is 11.0. The van der Waals surface area contributed by atoms with Gasteiger partial charge in [0.05, 0.1) is 12.2 Å². The first kappa shape index (κ1) is 22.8. The highest BCUT2D eigenvalue weighted by molar-refractivity contribution is 5.38. The number of aliphatic hydroxyl groups excluding tert-OH is 2. The van der Waals surface area contributed by atoms with Gasteiger partial charge < -0.3 is 10.2 Å². The van der Waals surface area contributed by atoms with Crippen LogP contribution in [0.25, 0.3) is 0 Å². The van der Waals surface area contributed by atoms with Gasteiger partial charge in [0.25, 0.3) is 0 Å². The summed E-state index contributed by atoms with van der Waals surface area (Å²) in [6.45, 7) is 13.8. The molecule has 3 rings (SSSR count). The van der Waals surface area contributed by atoms with Crippen LogP contribution in [0.1, 0.15) is 91.9 Å². The van der Waals surface area contributed by atoms with E-state index in [0.717, 1.165) is 28.9 Å². The van der Waals surface area contributed by atoms with Gasteiger partial charge in [0, 0.05) is 6.42 Å². The van der Waals surface area contributed by atoms with Gasteiger partial charge in [0.15, 0.2) is 0 Å². The molecule has 0 heterocycles. The minimum Gasteiger partial charge on any atom is -0.393 e. The van der Waals surface area contributed by atoms with E-state index < -0.39 is 12.2 Å². The lowest BCUT2D eigenvalue weighted by atomic mass is 9.60. The Morgan fingerprint density at radius 3 is 2.62 bits per heavy atom. The Morgan fingerprint density at radius 1 is 1.14 bits per heavy atom. The molecule has 0 aromatic carbocycles. The van der Waals surface area contributed by atoms with Crippen molar-refractivity contribution in [2.45, 2.75) is 104 Å². The Kier molecular flexibility index (Phi) is 7.49. The minimum absolute atomic E-state index is 0.420. The fraction of sp³-hybridized carbons (Fsp3) is 0.778. The van der Waals surface area contributed by atoms with E-state index in [1.165, 1.54) is 51.4 Å². The lowest BCUT2D eigenvalue weighted by Gasteiger charge is -2.44. The van der Waals surface area contributed by atoms with Crippen LogP contribution in [-0.4, -0.2) is 22.4 Å². The van der Waals surface area contributed by atoms with Crippen molar-refractivity contribution in [2.24, 2.45) is 29.1 Å². The summed E-state index contributed by atoms with van der Waals surface area (Å²) in [5.74, 6) is 3.20. The average Bonchev–Trinajstić information content (AvgIpc) is 3.00. The number of aliphatic hydroxyl groups is 2. The molecule has 0 radical (unpaired) electrons. The molecule has 0 bridgehead atoms. The number of fused-ring (bicyclic) bond motifs is 1. The second kappa shape index (κ2) is 9.52. The lowest BCUT2D eigenvalue weighted by molar-refractivity contribution is 0.0861. The smallest absolute Gasteiger partial charge is 0.0811 e. The quantitative estimate of drug-likeness (QED) is 0.528. The second-order valence-electron chi connectivity index (χ2n) is 11.0. The molecule has 3 saturated carbocycles. The Hall–Kier alpha value is -0.860. The standard InChI is InChI=1S/C27H44O2/c1-18(2)8-6-9-19(3)24-13-14-25-21(10-7-15-27(24,25)5)11-12-22-16-23(28)17-26(29)20(22)4/h11-12,18-19,23-26,28-29H,4,6-10,13-17H2,1-3,5H3/b21-11+,22-12-/t19-,23-,24-,25-,26+,27-/m1/s1. The third-order valence-electron chi connectivity index (χ3n) is 8.43. The highest BCUT2D eigenvalue weighted by atomic mass is 16.3. The van der Waals surface area contributed by atoms with Crippen molar-refractivity contribution in [1.82, 2.24) is 0 Å². The lowest BCUT2D eigenvalue weighted by Crippen LogP contribution is -2.36. The molecular formula is C27H44O2. The largest absolute Gasteiger partial charge is 0.393 e. The molecular weight excluding hydrogens is 356 g/mol. The molecule has 0 aliphatic heterocycles. The molecule has 0 aromatic rings. The Labute approximate surface area is 179 Å². The Morgan fingerprint density at radius 2 is 1.90 bits per heavy atom. The third kappa shape index (κ3) is 5.07. The van der Waals surface area contributed by atoms with E-state index in [2.05, 4.69) is 46.4 Å². The van der Waals surface area contributed by atoms with Crippen LogP contribution in [0.4, 0.5) is 0 Å². The van der Waals surface area contributed by atoms with Crippen molar-refractivity contribution in [3.63, 3.8) is 0 Å². The number of hydrogen-bond donors (Lipinski definition) is 2. The van der Waals surface area contributed by atoms with Gasteiger partial charge in [0.2, 0.25) is 0 Å². The van der Waals surface area contributed by atoms with Crippen LogP contribution in [0, 0.1) is 29.1 Å². The molecule has 3 aliphatic rings. The van der Waals surface area contributed by atoms with E-state index >= 15 is 0 Å². The summed E-state index contributed by atoms with van der Waals surface area (Å²) in [5.41, 5.74) is 3.88. The Bertz CT molecular complexity index is 643. The molecule has 0 aromatic heterocycles. The number of hydrogen-bond acceptors (Lipinski definition) is 2. The van der Waals surface area contributed by atoms with Gasteiger partial charge in [0.1, 0.15) is 0 Å². The molecule has 0 saturated heterocycles. The van der Waals surface area contributed by atoms with E-state index in [0.29, 0.717) is 24.2 Å². The summed E-state index contributed by atoms with van der Waals surface area (Å²) in [6, 6.07) is 0. The van der Waals surface area contributed by atoms with Crippen LogP contribution in [0.2, 0.25) is 0 Å². The fourth-order valence-corrected chi connectivity index (χ4v) is 6.73. The van der Waals surface area contributed by atoms with Gasteiger partial charge in [-0.1, -0.05) is 71.3 Å². The van der Waals surface area contributed by atoms with E-state index in [-0.39, 0.29) is 0 Å². The van der Waals surface area contributed by atoms with Gasteiger partial charge in [-0.3, -0.25) is 0 Å². The summed E-state index contributed by atoms with van der Waals surface area (Å²) in [7, 11) is 0. The molecule has 2 heteroatoms. The van der Waals surface area contributed by atoms with Crippen LogP contribution in [0.3, 0.4) is 0 Å². The highest BCUT2D eigenvalue weighted by Gasteiger charge is 2.50. The van der Waals surface area contributed by atoms with Gasteiger partial charge in [-0.15, -0.1) is 0 Å². The predicted octanol–water partition coefficient (Wildman–Crippen LogP) is 6.59. The maximum atomic E-state index is 10.1. The van der Waals surface area contributed by atoms with Crippen molar-refractivity contribution >= 4 is 0 Å². The number of rotatable bonds is 6. The molecule has 0 unspecified atom stereocenters. The molecule has 6 atom stereocenters. The minimum atomic E-state index is -0.595. The van der Waals surface area contributed by atoms with Crippen LogP contribution < -0.4 is 0 Å². The Balaban J connectivity index is 1.71. The summed E-state index contributed by atoms with van der Waals surface area (Å²) in [4.78, 5) is 0. The van der Waals surface area contributed by atoms with E-state index in [4.69, 9.17) is 0 Å². The molecule has 164 valence electrons. The molecule has 29 heavy (non-hydrogen) atoms. The van der Waals surface area contributed by atoms with Crippen molar-refractivity contribution in [1.29, 1.82) is 0 Å². The number of allylic oxidation sites excluding steroid dienone is 3. The monoisotopic (exact) mass is 400 g/mol. The van der Waals surface area contributed by atoms with E-state index in [1.807, 2.05) is 0 Å². The maximum Gasteiger partial charge on any atom is 0.0811 e. The molecule has 2 nitrogen and oxygen atoms in total. The van der Waals surface area contributed by atoms with Crippen molar-refractivity contribution in [3.8, 4) is 0 Å². The van der Waals surface area contributed by atoms with Crippen LogP contribution in [0.15, 0.2) is 35.5 Å². The summed E-state index contributed by atoms with van der Waals surface area (Å²) in [6.07, 6.45) is 15.2. The molecule has 2 N–H and O–H groups in total. The predicted molar refractivity (Wildman–Crippen MR) is 123 cm³/mol. The van der Waals surface area contributed by atoms with E-state index in [9.17, 15) is 10.2 Å². The topological polar surface area (TPSA) is 40.5 Å². The molecule has 3 fully saturated rings. The zero-order valence-corrected chi connectivity index (χ0v) is 19.3. The molecule has 0 amide bonds. The third-order valence-corrected chi connectivity index (χ3v) is 8.43. The summed E-state index contributed by atoms with van der Waals surface area (Å²) >= 11 is 0. The SMILES string of the molecule is C=C1/C(=C\C=C2/CCC[C@@]3(C)[C@@H]2CC[C@@H]3[C@H](C)CCCC(C)C)C[C@@H](O)C[C@@H]1O. The molecule has 3 aliphatic carbocycles. The van der Waals surface area contributed by atoms with Gasteiger partial charge in [-0.25, -0.2) is 0 Å². The first-order chi connectivity index (χ1) is 13.7. The van der Waals surface area contributed by atoms with Crippen molar-refractivity contribution in [3.05, 3.63) is 35.5 Å². The van der Waals surface area contributed by atoms with Gasteiger partial charge in [-0.05, 0) is 78.8 Å². The van der Waals surface area contributed by atoms with Gasteiger partial charge >= 0.3 is 0 Å². The fourth-order valence-electron chi connectivity index (χ4n) is 6.73. The van der Waals surface area contributed by atoms with E-state index in [1.54, 1.807) is 5.57 Å². The normalized spacial score (nSPS) is 39.3. The van der Waals surface area contributed by atoms with Crippen LogP contribution in [-0.2, 0) is 0 Å². The van der Waals surface area contributed by atoms with Crippen LogP contribution in [0.5, 0.6) is 0 Å². The van der Waals surface area contributed by atoms with Crippen molar-refractivity contribution < 1.29 is 10.2 Å². The summed E-state index contributed by atoms with van der Waals surface area (Å²) < 4.78 is 0. The first-order valence-corrected chi connectivity index (χ1v) is 12.2. The zero-order valence-electron chi connectivity index (χ0n) is 19.3. The van der Waals surface area contributed by atoms with Crippen molar-refractivity contribution in [2.75, 3.05) is 0 Å². The zero-order chi connectivity index (χ0) is 21.2. The van der Waals surface area contributed by atoms with Crippen LogP contribution >= 0.6 is 0 Å². The first-order valence-electron chi connectivity index (χ1n) is 12.2. The summed E-state index contributed by atoms with van der Waals surface area (Å²) in [5, 5.41) is 20.2. The molecule has 0 spiro atoms.